The maximum Gasteiger partial charge on any atom is 0.127 e. The van der Waals surface area contributed by atoms with Crippen LogP contribution in [-0.2, 0) is 5.41 Å². The highest BCUT2D eigenvalue weighted by Gasteiger charge is 2.21. The molecule has 0 aliphatic rings. The standard InChI is InChI=1S/C18H22FN/c1-14(16-11-7-8-12-17(16)19)20-13-18(2,3)15-9-5-4-6-10-15/h4-12,14,20H,13H2,1-3H3. The third kappa shape index (κ3) is 3.45. The van der Waals surface area contributed by atoms with Crippen molar-refractivity contribution >= 4 is 0 Å². The van der Waals surface area contributed by atoms with E-state index < -0.39 is 0 Å². The predicted molar refractivity (Wildman–Crippen MR) is 82.3 cm³/mol. The Hall–Kier alpha value is -1.67. The molecule has 106 valence electrons. The van der Waals surface area contributed by atoms with Gasteiger partial charge >= 0.3 is 0 Å². The first-order chi connectivity index (χ1) is 9.50. The molecule has 0 aliphatic heterocycles. The van der Waals surface area contributed by atoms with E-state index in [9.17, 15) is 4.39 Å². The highest BCUT2D eigenvalue weighted by molar-refractivity contribution is 5.25. The highest BCUT2D eigenvalue weighted by Crippen LogP contribution is 2.24. The summed E-state index contributed by atoms with van der Waals surface area (Å²) in [7, 11) is 0. The summed E-state index contributed by atoms with van der Waals surface area (Å²) in [5.41, 5.74) is 2.02. The monoisotopic (exact) mass is 271 g/mol. The number of rotatable bonds is 5. The van der Waals surface area contributed by atoms with Gasteiger partial charge < -0.3 is 5.32 Å². The molecule has 2 heteroatoms. The van der Waals surface area contributed by atoms with Gasteiger partial charge in [-0.3, -0.25) is 0 Å². The summed E-state index contributed by atoms with van der Waals surface area (Å²) in [6.07, 6.45) is 0. The summed E-state index contributed by atoms with van der Waals surface area (Å²) < 4.78 is 13.7. The van der Waals surface area contributed by atoms with E-state index in [0.717, 1.165) is 12.1 Å². The van der Waals surface area contributed by atoms with Gasteiger partial charge in [0.15, 0.2) is 0 Å². The lowest BCUT2D eigenvalue weighted by Gasteiger charge is -2.28. The maximum absolute atomic E-state index is 13.7. The Morgan fingerprint density at radius 3 is 2.25 bits per heavy atom. The van der Waals surface area contributed by atoms with Crippen LogP contribution in [0.5, 0.6) is 0 Å². The molecule has 0 spiro atoms. The first-order valence-corrected chi connectivity index (χ1v) is 7.04. The van der Waals surface area contributed by atoms with Crippen LogP contribution in [0.4, 0.5) is 4.39 Å². The van der Waals surface area contributed by atoms with Crippen LogP contribution in [-0.4, -0.2) is 6.54 Å². The lowest BCUT2D eigenvalue weighted by atomic mass is 9.84. The molecule has 1 unspecified atom stereocenters. The van der Waals surface area contributed by atoms with E-state index in [2.05, 4.69) is 43.4 Å². The Labute approximate surface area is 120 Å². The lowest BCUT2D eigenvalue weighted by Crippen LogP contribution is -2.34. The Kier molecular flexibility index (Phi) is 4.56. The van der Waals surface area contributed by atoms with Gasteiger partial charge in [-0.25, -0.2) is 4.39 Å². The van der Waals surface area contributed by atoms with Gasteiger partial charge in [0.05, 0.1) is 0 Å². The van der Waals surface area contributed by atoms with Crippen molar-refractivity contribution in [2.24, 2.45) is 0 Å². The Bertz CT molecular complexity index is 548. The van der Waals surface area contributed by atoms with Gasteiger partial charge in [0.2, 0.25) is 0 Å². The number of hydrogen-bond acceptors (Lipinski definition) is 1. The Morgan fingerprint density at radius 1 is 1.00 bits per heavy atom. The number of benzene rings is 2. The van der Waals surface area contributed by atoms with Crippen molar-refractivity contribution in [3.8, 4) is 0 Å². The van der Waals surface area contributed by atoms with Gasteiger partial charge in [0.1, 0.15) is 5.82 Å². The minimum atomic E-state index is -0.148. The zero-order chi connectivity index (χ0) is 14.6. The molecular weight excluding hydrogens is 249 g/mol. The zero-order valence-electron chi connectivity index (χ0n) is 12.4. The van der Waals surface area contributed by atoms with Gasteiger partial charge in [-0.2, -0.15) is 0 Å². The fourth-order valence-electron chi connectivity index (χ4n) is 2.34. The molecule has 0 radical (unpaired) electrons. The van der Waals surface area contributed by atoms with Crippen molar-refractivity contribution in [3.63, 3.8) is 0 Å². The molecule has 0 bridgehead atoms. The minimum Gasteiger partial charge on any atom is -0.309 e. The molecule has 0 fully saturated rings. The van der Waals surface area contributed by atoms with E-state index in [4.69, 9.17) is 0 Å². The van der Waals surface area contributed by atoms with Gasteiger partial charge in [0, 0.05) is 23.6 Å². The highest BCUT2D eigenvalue weighted by atomic mass is 19.1. The second-order valence-electron chi connectivity index (χ2n) is 5.87. The third-order valence-corrected chi connectivity index (χ3v) is 3.78. The smallest absolute Gasteiger partial charge is 0.127 e. The molecule has 2 aromatic rings. The number of halogens is 1. The molecule has 1 nitrogen and oxygen atoms in total. The zero-order valence-corrected chi connectivity index (χ0v) is 12.4. The summed E-state index contributed by atoms with van der Waals surface area (Å²) in [5.74, 6) is -0.148. The van der Waals surface area contributed by atoms with Gasteiger partial charge in [0.25, 0.3) is 0 Å². The Balaban J connectivity index is 2.03. The topological polar surface area (TPSA) is 12.0 Å². The summed E-state index contributed by atoms with van der Waals surface area (Å²) in [4.78, 5) is 0. The van der Waals surface area contributed by atoms with Crippen LogP contribution in [0.25, 0.3) is 0 Å². The second kappa shape index (κ2) is 6.19. The van der Waals surface area contributed by atoms with Crippen LogP contribution < -0.4 is 5.32 Å². The van der Waals surface area contributed by atoms with Crippen LogP contribution in [0.1, 0.15) is 37.9 Å². The molecular formula is C18H22FN. The van der Waals surface area contributed by atoms with Gasteiger partial charge in [-0.15, -0.1) is 0 Å². The molecule has 1 atom stereocenters. The molecule has 0 saturated heterocycles. The molecule has 2 rings (SSSR count). The van der Waals surface area contributed by atoms with Crippen molar-refractivity contribution in [2.75, 3.05) is 6.54 Å². The van der Waals surface area contributed by atoms with Crippen LogP contribution in [0.2, 0.25) is 0 Å². The second-order valence-corrected chi connectivity index (χ2v) is 5.87. The quantitative estimate of drug-likeness (QED) is 0.847. The Morgan fingerprint density at radius 2 is 1.60 bits per heavy atom. The molecule has 1 N–H and O–H groups in total. The minimum absolute atomic E-state index is 0.000753. The van der Waals surface area contributed by atoms with Crippen LogP contribution in [0.15, 0.2) is 54.6 Å². The van der Waals surface area contributed by atoms with Crippen LogP contribution in [0, 0.1) is 5.82 Å². The van der Waals surface area contributed by atoms with Crippen molar-refractivity contribution in [1.82, 2.24) is 5.32 Å². The first kappa shape index (κ1) is 14.7. The average Bonchev–Trinajstić information content (AvgIpc) is 2.46. The summed E-state index contributed by atoms with van der Waals surface area (Å²) >= 11 is 0. The van der Waals surface area contributed by atoms with Crippen LogP contribution >= 0.6 is 0 Å². The molecule has 0 aromatic heterocycles. The van der Waals surface area contributed by atoms with E-state index in [-0.39, 0.29) is 17.3 Å². The summed E-state index contributed by atoms with van der Waals surface area (Å²) in [6, 6.07) is 17.3. The van der Waals surface area contributed by atoms with Crippen molar-refractivity contribution < 1.29 is 4.39 Å². The van der Waals surface area contributed by atoms with E-state index in [1.165, 1.54) is 11.6 Å². The number of hydrogen-bond donors (Lipinski definition) is 1. The normalized spacial score (nSPS) is 13.2. The van der Waals surface area contributed by atoms with Gasteiger partial charge in [-0.05, 0) is 18.6 Å². The first-order valence-electron chi connectivity index (χ1n) is 7.04. The molecule has 2 aromatic carbocycles. The summed E-state index contributed by atoms with van der Waals surface area (Å²) in [5, 5.41) is 3.44. The molecule has 0 saturated carbocycles. The van der Waals surface area contributed by atoms with Crippen LogP contribution in [0.3, 0.4) is 0 Å². The number of nitrogens with one attached hydrogen (secondary N) is 1. The molecule has 0 amide bonds. The predicted octanol–water partition coefficient (Wildman–Crippen LogP) is 4.45. The van der Waals surface area contributed by atoms with E-state index >= 15 is 0 Å². The third-order valence-electron chi connectivity index (χ3n) is 3.78. The van der Waals surface area contributed by atoms with Gasteiger partial charge in [-0.1, -0.05) is 62.4 Å². The molecule has 20 heavy (non-hydrogen) atoms. The fourth-order valence-corrected chi connectivity index (χ4v) is 2.34. The largest absolute Gasteiger partial charge is 0.309 e. The average molecular weight is 271 g/mol. The fraction of sp³-hybridized carbons (Fsp3) is 0.333. The molecule has 0 aliphatic carbocycles. The maximum atomic E-state index is 13.7. The van der Waals surface area contributed by atoms with Crippen molar-refractivity contribution in [2.45, 2.75) is 32.2 Å². The lowest BCUT2D eigenvalue weighted by molar-refractivity contribution is 0.428. The van der Waals surface area contributed by atoms with Crippen molar-refractivity contribution in [3.05, 3.63) is 71.5 Å². The van der Waals surface area contributed by atoms with E-state index in [0.29, 0.717) is 0 Å². The summed E-state index contributed by atoms with van der Waals surface area (Å²) in [6.45, 7) is 7.19. The SMILES string of the molecule is CC(NCC(C)(C)c1ccccc1)c1ccccc1F. The molecule has 0 heterocycles. The van der Waals surface area contributed by atoms with E-state index in [1.807, 2.05) is 25.1 Å². The van der Waals surface area contributed by atoms with Crippen molar-refractivity contribution in [1.29, 1.82) is 0 Å². The van der Waals surface area contributed by atoms with E-state index in [1.54, 1.807) is 6.07 Å².